The molecular formula is C14H15N3OS. The van der Waals surface area contributed by atoms with Gasteiger partial charge in [-0.1, -0.05) is 24.4 Å². The molecule has 1 heterocycles. The molecule has 1 aromatic heterocycles. The summed E-state index contributed by atoms with van der Waals surface area (Å²) in [6.07, 6.45) is 1.71. The van der Waals surface area contributed by atoms with Gasteiger partial charge in [0.25, 0.3) is 0 Å². The highest BCUT2D eigenvalue weighted by Gasteiger charge is 2.15. The van der Waals surface area contributed by atoms with Crippen LogP contribution in [-0.4, -0.2) is 24.1 Å². The Morgan fingerprint density at radius 2 is 2.00 bits per heavy atom. The molecule has 0 saturated heterocycles. The Kier molecular flexibility index (Phi) is 3.97. The van der Waals surface area contributed by atoms with Gasteiger partial charge in [0.2, 0.25) is 0 Å². The van der Waals surface area contributed by atoms with Crippen LogP contribution in [0.4, 0.5) is 11.5 Å². The second kappa shape index (κ2) is 5.67. The van der Waals surface area contributed by atoms with Gasteiger partial charge in [-0.15, -0.1) is 0 Å². The third-order valence-corrected chi connectivity index (χ3v) is 3.04. The van der Waals surface area contributed by atoms with Gasteiger partial charge in [0.1, 0.15) is 16.6 Å². The number of nitrogens with two attached hydrogens (primary N) is 1. The normalized spacial score (nSPS) is 10.0. The highest BCUT2D eigenvalue weighted by molar-refractivity contribution is 7.80. The van der Waals surface area contributed by atoms with Crippen LogP contribution in [0.3, 0.4) is 0 Å². The molecule has 0 radical (unpaired) electrons. The van der Waals surface area contributed by atoms with Crippen LogP contribution in [0.1, 0.15) is 5.56 Å². The Bertz CT molecular complexity index is 601. The number of ether oxygens (including phenoxy) is 1. The van der Waals surface area contributed by atoms with Crippen LogP contribution in [0.25, 0.3) is 0 Å². The predicted octanol–water partition coefficient (Wildman–Crippen LogP) is 2.49. The number of rotatable bonds is 4. The number of methoxy groups -OCH3 is 1. The Morgan fingerprint density at radius 1 is 1.26 bits per heavy atom. The molecule has 98 valence electrons. The quantitative estimate of drug-likeness (QED) is 0.867. The van der Waals surface area contributed by atoms with Gasteiger partial charge in [-0.25, -0.2) is 4.98 Å². The standard InChI is InChI=1S/C14H15N3OS/c1-17(11-7-3-4-8-12(11)18-2)14-10(13(15)19)6-5-9-16-14/h3-9H,1-2H3,(H2,15,19). The molecule has 2 N–H and O–H groups in total. The van der Waals surface area contributed by atoms with E-state index in [1.54, 1.807) is 13.3 Å². The lowest BCUT2D eigenvalue weighted by Crippen LogP contribution is -2.19. The van der Waals surface area contributed by atoms with E-state index < -0.39 is 0 Å². The lowest BCUT2D eigenvalue weighted by atomic mass is 10.2. The first-order chi connectivity index (χ1) is 9.15. The van der Waals surface area contributed by atoms with E-state index in [2.05, 4.69) is 4.98 Å². The number of thiocarbonyl (C=S) groups is 1. The first-order valence-corrected chi connectivity index (χ1v) is 6.17. The van der Waals surface area contributed by atoms with Gasteiger partial charge in [0, 0.05) is 13.2 Å². The van der Waals surface area contributed by atoms with Crippen molar-refractivity contribution in [2.75, 3.05) is 19.1 Å². The summed E-state index contributed by atoms with van der Waals surface area (Å²) in [6, 6.07) is 11.4. The van der Waals surface area contributed by atoms with Crippen molar-refractivity contribution >= 4 is 28.7 Å². The van der Waals surface area contributed by atoms with Crippen molar-refractivity contribution in [1.82, 2.24) is 4.98 Å². The van der Waals surface area contributed by atoms with Crippen LogP contribution in [-0.2, 0) is 0 Å². The topological polar surface area (TPSA) is 51.4 Å². The number of pyridine rings is 1. The first-order valence-electron chi connectivity index (χ1n) is 5.76. The molecule has 0 amide bonds. The molecule has 0 saturated carbocycles. The van der Waals surface area contributed by atoms with Crippen LogP contribution in [0.15, 0.2) is 42.6 Å². The monoisotopic (exact) mass is 273 g/mol. The van der Waals surface area contributed by atoms with E-state index in [0.29, 0.717) is 10.8 Å². The molecule has 19 heavy (non-hydrogen) atoms. The summed E-state index contributed by atoms with van der Waals surface area (Å²) in [5.74, 6) is 1.48. The van der Waals surface area contributed by atoms with E-state index in [1.807, 2.05) is 48.3 Å². The molecule has 0 aliphatic heterocycles. The van der Waals surface area contributed by atoms with E-state index in [9.17, 15) is 0 Å². The highest BCUT2D eigenvalue weighted by atomic mass is 32.1. The zero-order valence-corrected chi connectivity index (χ0v) is 11.6. The van der Waals surface area contributed by atoms with Crippen molar-refractivity contribution in [2.45, 2.75) is 0 Å². The van der Waals surface area contributed by atoms with Crippen molar-refractivity contribution in [2.24, 2.45) is 5.73 Å². The molecule has 0 spiro atoms. The van der Waals surface area contributed by atoms with Crippen LogP contribution in [0, 0.1) is 0 Å². The molecule has 0 fully saturated rings. The van der Waals surface area contributed by atoms with Crippen molar-refractivity contribution in [1.29, 1.82) is 0 Å². The first kappa shape index (κ1) is 13.3. The maximum atomic E-state index is 5.73. The fraction of sp³-hybridized carbons (Fsp3) is 0.143. The van der Waals surface area contributed by atoms with Crippen molar-refractivity contribution in [3.05, 3.63) is 48.2 Å². The van der Waals surface area contributed by atoms with Crippen molar-refractivity contribution < 1.29 is 4.74 Å². The third-order valence-electron chi connectivity index (χ3n) is 2.82. The second-order valence-corrected chi connectivity index (χ2v) is 4.41. The van der Waals surface area contributed by atoms with E-state index in [-0.39, 0.29) is 0 Å². The third kappa shape index (κ3) is 2.66. The average Bonchev–Trinajstić information content (AvgIpc) is 2.46. The molecule has 0 bridgehead atoms. The summed E-state index contributed by atoms with van der Waals surface area (Å²) < 4.78 is 5.35. The summed E-state index contributed by atoms with van der Waals surface area (Å²) >= 11 is 5.06. The summed E-state index contributed by atoms with van der Waals surface area (Å²) in [6.45, 7) is 0. The molecule has 0 aliphatic rings. The molecule has 2 rings (SSSR count). The molecular weight excluding hydrogens is 258 g/mol. The van der Waals surface area contributed by atoms with E-state index >= 15 is 0 Å². The van der Waals surface area contributed by atoms with Crippen LogP contribution in [0.5, 0.6) is 5.75 Å². The lowest BCUT2D eigenvalue weighted by Gasteiger charge is -2.22. The predicted molar refractivity (Wildman–Crippen MR) is 81.2 cm³/mol. The summed E-state index contributed by atoms with van der Waals surface area (Å²) in [5.41, 5.74) is 7.38. The number of hydrogen-bond donors (Lipinski definition) is 1. The zero-order chi connectivity index (χ0) is 13.8. The van der Waals surface area contributed by atoms with Gasteiger partial charge in [-0.05, 0) is 24.3 Å². The highest BCUT2D eigenvalue weighted by Crippen LogP contribution is 2.32. The summed E-state index contributed by atoms with van der Waals surface area (Å²) in [5, 5.41) is 0. The van der Waals surface area contributed by atoms with Crippen molar-refractivity contribution in [3.63, 3.8) is 0 Å². The molecule has 2 aromatic rings. The molecule has 1 aromatic carbocycles. The van der Waals surface area contributed by atoms with Crippen molar-refractivity contribution in [3.8, 4) is 5.75 Å². The molecule has 5 heteroatoms. The van der Waals surface area contributed by atoms with Gasteiger partial charge >= 0.3 is 0 Å². The fourth-order valence-electron chi connectivity index (χ4n) is 1.88. The second-order valence-electron chi connectivity index (χ2n) is 3.97. The maximum Gasteiger partial charge on any atom is 0.143 e. The minimum atomic E-state index is 0.324. The van der Waals surface area contributed by atoms with Crippen LogP contribution < -0.4 is 15.4 Å². The largest absolute Gasteiger partial charge is 0.495 e. The Balaban J connectivity index is 2.50. The number of anilines is 2. The lowest BCUT2D eigenvalue weighted by molar-refractivity contribution is 0.415. The maximum absolute atomic E-state index is 5.73. The minimum Gasteiger partial charge on any atom is -0.495 e. The molecule has 0 aliphatic carbocycles. The van der Waals surface area contributed by atoms with Crippen LogP contribution in [0.2, 0.25) is 0 Å². The smallest absolute Gasteiger partial charge is 0.143 e. The van der Waals surface area contributed by atoms with Gasteiger partial charge in [-0.3, -0.25) is 0 Å². The molecule has 4 nitrogen and oxygen atoms in total. The van der Waals surface area contributed by atoms with Gasteiger partial charge in [-0.2, -0.15) is 0 Å². The number of para-hydroxylation sites is 2. The Labute approximate surface area is 117 Å². The van der Waals surface area contributed by atoms with Crippen LogP contribution >= 0.6 is 12.2 Å². The number of benzene rings is 1. The van der Waals surface area contributed by atoms with Gasteiger partial charge in [0.05, 0.1) is 18.4 Å². The SMILES string of the molecule is COc1ccccc1N(C)c1ncccc1C(N)=S. The average molecular weight is 273 g/mol. The molecule has 0 atom stereocenters. The Hall–Kier alpha value is -2.14. The summed E-state index contributed by atoms with van der Waals surface area (Å²) in [4.78, 5) is 6.59. The minimum absolute atomic E-state index is 0.324. The number of hydrogen-bond acceptors (Lipinski definition) is 4. The van der Waals surface area contributed by atoms with Gasteiger partial charge in [0.15, 0.2) is 0 Å². The fourth-order valence-corrected chi connectivity index (χ4v) is 2.04. The number of aromatic nitrogens is 1. The molecule has 0 unspecified atom stereocenters. The van der Waals surface area contributed by atoms with E-state index in [4.69, 9.17) is 22.7 Å². The summed E-state index contributed by atoms with van der Waals surface area (Å²) in [7, 11) is 3.54. The Morgan fingerprint density at radius 3 is 2.68 bits per heavy atom. The van der Waals surface area contributed by atoms with E-state index in [1.165, 1.54) is 0 Å². The zero-order valence-electron chi connectivity index (χ0n) is 10.8. The number of nitrogens with zero attached hydrogens (tertiary/aromatic N) is 2. The van der Waals surface area contributed by atoms with E-state index in [0.717, 1.165) is 17.0 Å². The van der Waals surface area contributed by atoms with Gasteiger partial charge < -0.3 is 15.4 Å².